The summed E-state index contributed by atoms with van der Waals surface area (Å²) in [5.41, 5.74) is 6.42. The molecule has 7 nitrogen and oxygen atoms in total. The Balaban J connectivity index is 1.65. The largest absolute Gasteiger partial charge is 0.483 e. The Morgan fingerprint density at radius 3 is 2.64 bits per heavy atom. The molecule has 1 amide bonds. The van der Waals surface area contributed by atoms with Gasteiger partial charge < -0.3 is 10.1 Å². The molecule has 0 unspecified atom stereocenters. The molecule has 0 bridgehead atoms. The summed E-state index contributed by atoms with van der Waals surface area (Å²) in [5, 5.41) is 17.7. The SMILES string of the molecule is Cc1cc(C)c2nc(-n3ncc(C#N)c3NC(=O)COc3cccc(C)c3C)cc(C)c2c1. The Bertz CT molecular complexity index is 1430. The summed E-state index contributed by atoms with van der Waals surface area (Å²) < 4.78 is 7.20. The molecule has 166 valence electrons. The van der Waals surface area contributed by atoms with Crippen molar-refractivity contribution in [2.24, 2.45) is 0 Å². The maximum Gasteiger partial charge on any atom is 0.263 e. The second kappa shape index (κ2) is 8.75. The number of benzene rings is 2. The summed E-state index contributed by atoms with van der Waals surface area (Å²) in [6.45, 7) is 9.83. The van der Waals surface area contributed by atoms with Crippen LogP contribution in [0.25, 0.3) is 16.7 Å². The van der Waals surface area contributed by atoms with E-state index < -0.39 is 5.91 Å². The topological polar surface area (TPSA) is 92.8 Å². The van der Waals surface area contributed by atoms with Crippen molar-refractivity contribution >= 4 is 22.6 Å². The molecule has 0 aliphatic carbocycles. The van der Waals surface area contributed by atoms with Crippen LogP contribution in [0.5, 0.6) is 5.75 Å². The molecule has 0 spiro atoms. The van der Waals surface area contributed by atoms with E-state index in [0.29, 0.717) is 11.6 Å². The Morgan fingerprint density at radius 2 is 1.88 bits per heavy atom. The van der Waals surface area contributed by atoms with E-state index in [1.54, 1.807) is 0 Å². The van der Waals surface area contributed by atoms with Crippen molar-refractivity contribution in [1.82, 2.24) is 14.8 Å². The predicted octanol–water partition coefficient (Wildman–Crippen LogP) is 4.85. The maximum absolute atomic E-state index is 12.7. The van der Waals surface area contributed by atoms with Crippen LogP contribution in [0.2, 0.25) is 0 Å². The van der Waals surface area contributed by atoms with E-state index >= 15 is 0 Å². The first-order valence-electron chi connectivity index (χ1n) is 10.6. The number of carbonyl (C=O) groups excluding carboxylic acids is 1. The van der Waals surface area contributed by atoms with E-state index in [-0.39, 0.29) is 18.0 Å². The maximum atomic E-state index is 12.7. The van der Waals surface area contributed by atoms with Crippen molar-refractivity contribution in [2.45, 2.75) is 34.6 Å². The zero-order valence-corrected chi connectivity index (χ0v) is 19.4. The molecule has 0 aliphatic rings. The molecule has 0 saturated carbocycles. The molecule has 1 N–H and O–H groups in total. The van der Waals surface area contributed by atoms with Crippen molar-refractivity contribution in [1.29, 1.82) is 5.26 Å². The van der Waals surface area contributed by atoms with Crippen molar-refractivity contribution in [3.8, 4) is 17.6 Å². The number of anilines is 1. The van der Waals surface area contributed by atoms with Crippen molar-refractivity contribution < 1.29 is 9.53 Å². The molecular weight excluding hydrogens is 414 g/mol. The molecule has 0 atom stereocenters. The highest BCUT2D eigenvalue weighted by Gasteiger charge is 2.18. The molecule has 0 radical (unpaired) electrons. The van der Waals surface area contributed by atoms with Crippen LogP contribution in [0.1, 0.15) is 33.4 Å². The minimum absolute atomic E-state index is 0.192. The molecule has 4 rings (SSSR count). The van der Waals surface area contributed by atoms with Crippen molar-refractivity contribution in [2.75, 3.05) is 11.9 Å². The minimum atomic E-state index is -0.390. The molecule has 0 aliphatic heterocycles. The number of aromatic nitrogens is 3. The van der Waals surface area contributed by atoms with Gasteiger partial charge in [0, 0.05) is 5.39 Å². The molecular formula is C26H25N5O2. The highest BCUT2D eigenvalue weighted by Crippen LogP contribution is 2.26. The Labute approximate surface area is 192 Å². The van der Waals surface area contributed by atoms with E-state index in [0.717, 1.165) is 33.2 Å². The lowest BCUT2D eigenvalue weighted by Crippen LogP contribution is -2.23. The van der Waals surface area contributed by atoms with Gasteiger partial charge in [0.15, 0.2) is 18.2 Å². The predicted molar refractivity (Wildman–Crippen MR) is 128 cm³/mol. The van der Waals surface area contributed by atoms with Gasteiger partial charge in [-0.25, -0.2) is 4.98 Å². The third-order valence-electron chi connectivity index (χ3n) is 5.72. The summed E-state index contributed by atoms with van der Waals surface area (Å²) >= 11 is 0. The molecule has 2 aromatic carbocycles. The monoisotopic (exact) mass is 439 g/mol. The number of rotatable bonds is 5. The van der Waals surface area contributed by atoms with Crippen molar-refractivity contribution in [3.05, 3.63) is 76.0 Å². The Hall–Kier alpha value is -4.18. The first-order chi connectivity index (χ1) is 15.8. The number of amides is 1. The highest BCUT2D eigenvalue weighted by atomic mass is 16.5. The number of hydrogen-bond acceptors (Lipinski definition) is 5. The molecule has 7 heteroatoms. The normalized spacial score (nSPS) is 10.8. The average Bonchev–Trinajstić information content (AvgIpc) is 3.17. The van der Waals surface area contributed by atoms with E-state index in [1.165, 1.54) is 16.4 Å². The molecule has 2 heterocycles. The summed E-state index contributed by atoms with van der Waals surface area (Å²) in [7, 11) is 0. The molecule has 0 fully saturated rings. The summed E-state index contributed by atoms with van der Waals surface area (Å²) in [5.74, 6) is 1.05. The van der Waals surface area contributed by atoms with Gasteiger partial charge in [0.2, 0.25) is 0 Å². The summed E-state index contributed by atoms with van der Waals surface area (Å²) in [6, 6.07) is 13.9. The third-order valence-corrected chi connectivity index (χ3v) is 5.72. The molecule has 2 aromatic heterocycles. The standard InChI is InChI=1S/C26H25N5O2/c1-15-9-18(4)25-21(10-15)17(3)11-23(29-25)31-26(20(12-27)13-28-31)30-24(32)14-33-22-8-6-7-16(2)19(22)5/h6-11,13H,14H2,1-5H3,(H,30,32). The van der Waals surface area contributed by atoms with Crippen LogP contribution in [0.4, 0.5) is 5.82 Å². The fourth-order valence-electron chi connectivity index (χ4n) is 3.85. The van der Waals surface area contributed by atoms with E-state index in [2.05, 4.69) is 35.5 Å². The number of nitrogens with zero attached hydrogens (tertiary/aromatic N) is 4. The van der Waals surface area contributed by atoms with Crippen LogP contribution in [0.15, 0.2) is 42.6 Å². The number of nitriles is 1. The molecule has 4 aromatic rings. The van der Waals surface area contributed by atoms with Crippen LogP contribution in [-0.2, 0) is 4.79 Å². The summed E-state index contributed by atoms with van der Waals surface area (Å²) in [6.07, 6.45) is 1.42. The zero-order chi connectivity index (χ0) is 23.7. The number of hydrogen-bond donors (Lipinski definition) is 1. The van der Waals surface area contributed by atoms with Gasteiger partial charge >= 0.3 is 0 Å². The number of ether oxygens (including phenoxy) is 1. The first kappa shape index (κ1) is 22.0. The van der Waals surface area contributed by atoms with Gasteiger partial charge in [-0.1, -0.05) is 23.8 Å². The number of nitrogens with one attached hydrogen (secondary N) is 1. The van der Waals surface area contributed by atoms with Crippen LogP contribution in [-0.4, -0.2) is 27.3 Å². The fraction of sp³-hybridized carbons (Fsp3) is 0.231. The lowest BCUT2D eigenvalue weighted by Gasteiger charge is -2.13. The third kappa shape index (κ3) is 4.28. The Kier molecular flexibility index (Phi) is 5.84. The minimum Gasteiger partial charge on any atom is -0.483 e. The van der Waals surface area contributed by atoms with E-state index in [9.17, 15) is 10.1 Å². The summed E-state index contributed by atoms with van der Waals surface area (Å²) in [4.78, 5) is 17.5. The van der Waals surface area contributed by atoms with Crippen LogP contribution in [0, 0.1) is 45.9 Å². The van der Waals surface area contributed by atoms with E-state index in [1.807, 2.05) is 52.0 Å². The fourth-order valence-corrected chi connectivity index (χ4v) is 3.85. The number of aryl methyl sites for hydroxylation is 4. The van der Waals surface area contributed by atoms with Gasteiger partial charge in [-0.2, -0.15) is 15.0 Å². The number of carbonyl (C=O) groups is 1. The van der Waals surface area contributed by atoms with Gasteiger partial charge in [0.25, 0.3) is 5.91 Å². The smallest absolute Gasteiger partial charge is 0.263 e. The average molecular weight is 440 g/mol. The second-order valence-electron chi connectivity index (χ2n) is 8.24. The lowest BCUT2D eigenvalue weighted by molar-refractivity contribution is -0.118. The van der Waals surface area contributed by atoms with Crippen molar-refractivity contribution in [3.63, 3.8) is 0 Å². The molecule has 0 saturated heterocycles. The zero-order valence-electron chi connectivity index (χ0n) is 19.4. The lowest BCUT2D eigenvalue weighted by atomic mass is 10.0. The Morgan fingerprint density at radius 1 is 1.09 bits per heavy atom. The number of pyridine rings is 1. The van der Waals surface area contributed by atoms with Gasteiger partial charge in [-0.05, 0) is 75.1 Å². The van der Waals surface area contributed by atoms with Gasteiger partial charge in [0.1, 0.15) is 17.4 Å². The second-order valence-corrected chi connectivity index (χ2v) is 8.24. The first-order valence-corrected chi connectivity index (χ1v) is 10.6. The quantitative estimate of drug-likeness (QED) is 0.480. The van der Waals surface area contributed by atoms with Gasteiger partial charge in [-0.3, -0.25) is 4.79 Å². The van der Waals surface area contributed by atoms with Crippen LogP contribution < -0.4 is 10.1 Å². The highest BCUT2D eigenvalue weighted by molar-refractivity contribution is 5.93. The van der Waals surface area contributed by atoms with Crippen LogP contribution >= 0.6 is 0 Å². The number of fused-ring (bicyclic) bond motifs is 1. The molecule has 33 heavy (non-hydrogen) atoms. The van der Waals surface area contributed by atoms with Crippen LogP contribution in [0.3, 0.4) is 0 Å². The van der Waals surface area contributed by atoms with E-state index in [4.69, 9.17) is 9.72 Å². The van der Waals surface area contributed by atoms with Gasteiger partial charge in [0.05, 0.1) is 11.7 Å². The van der Waals surface area contributed by atoms with Gasteiger partial charge in [-0.15, -0.1) is 0 Å².